The molecule has 0 saturated heterocycles. The number of fused-ring (bicyclic) bond motifs is 1. The summed E-state index contributed by atoms with van der Waals surface area (Å²) >= 11 is 3.17. The summed E-state index contributed by atoms with van der Waals surface area (Å²) in [4.78, 5) is 27.5. The highest BCUT2D eigenvalue weighted by Crippen LogP contribution is 2.23. The second-order valence-corrected chi connectivity index (χ2v) is 7.99. The minimum Gasteiger partial charge on any atom is -0.497 e. The van der Waals surface area contributed by atoms with Crippen LogP contribution in [0.3, 0.4) is 0 Å². The van der Waals surface area contributed by atoms with Gasteiger partial charge in [-0.15, -0.1) is 0 Å². The summed E-state index contributed by atoms with van der Waals surface area (Å²) < 4.78 is 8.37. The van der Waals surface area contributed by atoms with Gasteiger partial charge in [-0.1, -0.05) is 11.3 Å². The summed E-state index contributed by atoms with van der Waals surface area (Å²) in [5, 5.41) is 10.7. The molecule has 0 spiro atoms. The van der Waals surface area contributed by atoms with Crippen LogP contribution in [0, 0.1) is 10.1 Å². The average Bonchev–Trinajstić information content (AvgIpc) is 3.06. The second kappa shape index (κ2) is 9.53. The predicted octanol–water partition coefficient (Wildman–Crippen LogP) is 4.12. The van der Waals surface area contributed by atoms with E-state index in [4.69, 9.17) is 4.74 Å². The number of methoxy groups -OCH3 is 1. The van der Waals surface area contributed by atoms with E-state index < -0.39 is 4.92 Å². The molecule has 150 valence electrons. The molecule has 1 heterocycles. The predicted molar refractivity (Wildman–Crippen MR) is 117 cm³/mol. The molecular weight excluding hydrogens is 410 g/mol. The topological polar surface area (TPSA) is 86.7 Å². The first kappa shape index (κ1) is 20.8. The average molecular weight is 430 g/mol. The van der Waals surface area contributed by atoms with Crippen LogP contribution in [0.4, 0.5) is 5.69 Å². The maximum Gasteiger partial charge on any atom is 0.272 e. The van der Waals surface area contributed by atoms with Gasteiger partial charge in [-0.25, -0.2) is 0 Å². The van der Waals surface area contributed by atoms with E-state index in [-0.39, 0.29) is 11.6 Å². The minimum atomic E-state index is -0.461. The van der Waals surface area contributed by atoms with E-state index in [1.165, 1.54) is 29.5 Å². The summed E-state index contributed by atoms with van der Waals surface area (Å²) in [6, 6.07) is 11.8. The lowest BCUT2D eigenvalue weighted by Gasteiger charge is -2.05. The first-order chi connectivity index (χ1) is 14.0. The third-order valence-electron chi connectivity index (χ3n) is 4.14. The molecule has 2 aromatic carbocycles. The fourth-order valence-corrected chi connectivity index (χ4v) is 4.07. The fraction of sp³-hybridized carbons (Fsp3) is 0.200. The third kappa shape index (κ3) is 5.12. The highest BCUT2D eigenvalue weighted by atomic mass is 32.2. The highest BCUT2D eigenvalue weighted by molar-refractivity contribution is 7.98. The van der Waals surface area contributed by atoms with Crippen LogP contribution in [-0.2, 0) is 11.3 Å². The van der Waals surface area contributed by atoms with E-state index in [2.05, 4.69) is 4.99 Å². The number of thioether (sulfide) groups is 1. The quantitative estimate of drug-likeness (QED) is 0.320. The van der Waals surface area contributed by atoms with E-state index in [0.29, 0.717) is 10.4 Å². The Balaban J connectivity index is 1.91. The summed E-state index contributed by atoms with van der Waals surface area (Å²) in [5.74, 6) is 1.26. The number of ether oxygens (including phenoxy) is 1. The monoisotopic (exact) mass is 429 g/mol. The molecule has 3 aromatic rings. The molecule has 0 N–H and O–H groups in total. The second-order valence-electron chi connectivity index (χ2n) is 5.99. The van der Waals surface area contributed by atoms with Crippen molar-refractivity contribution >= 4 is 51.0 Å². The Kier molecular flexibility index (Phi) is 6.84. The molecule has 0 unspecified atom stereocenters. The van der Waals surface area contributed by atoms with Crippen LogP contribution in [0.5, 0.6) is 5.75 Å². The van der Waals surface area contributed by atoms with E-state index >= 15 is 0 Å². The van der Waals surface area contributed by atoms with Gasteiger partial charge in [0, 0.05) is 36.6 Å². The van der Waals surface area contributed by atoms with Gasteiger partial charge < -0.3 is 9.30 Å². The van der Waals surface area contributed by atoms with Crippen LogP contribution < -0.4 is 9.54 Å². The highest BCUT2D eigenvalue weighted by Gasteiger charge is 2.09. The number of amides is 1. The number of benzene rings is 2. The van der Waals surface area contributed by atoms with Gasteiger partial charge in [0.25, 0.3) is 11.6 Å². The number of rotatable bonds is 7. The molecule has 3 rings (SSSR count). The Morgan fingerprint density at radius 3 is 2.72 bits per heavy atom. The van der Waals surface area contributed by atoms with Gasteiger partial charge in [-0.2, -0.15) is 16.8 Å². The lowest BCUT2D eigenvalue weighted by atomic mass is 10.2. The molecule has 1 amide bonds. The van der Waals surface area contributed by atoms with Gasteiger partial charge in [0.1, 0.15) is 5.75 Å². The van der Waals surface area contributed by atoms with Crippen molar-refractivity contribution in [2.75, 3.05) is 19.1 Å². The van der Waals surface area contributed by atoms with Crippen molar-refractivity contribution in [3.05, 3.63) is 69.0 Å². The number of aryl methyl sites for hydroxylation is 1. The van der Waals surface area contributed by atoms with E-state index in [0.717, 1.165) is 28.3 Å². The number of hydrogen-bond donors (Lipinski definition) is 0. The van der Waals surface area contributed by atoms with E-state index in [9.17, 15) is 14.9 Å². The number of nitrogens with zero attached hydrogens (tertiary/aromatic N) is 3. The largest absolute Gasteiger partial charge is 0.497 e. The van der Waals surface area contributed by atoms with Gasteiger partial charge in [0.15, 0.2) is 4.80 Å². The fourth-order valence-electron chi connectivity index (χ4n) is 2.67. The minimum absolute atomic E-state index is 0.00806. The number of hydrogen-bond acceptors (Lipinski definition) is 6. The van der Waals surface area contributed by atoms with E-state index in [1.54, 1.807) is 37.1 Å². The zero-order chi connectivity index (χ0) is 20.8. The maximum absolute atomic E-state index is 12.4. The van der Waals surface area contributed by atoms with Crippen LogP contribution in [-0.4, -0.2) is 34.5 Å². The summed E-state index contributed by atoms with van der Waals surface area (Å²) in [5.41, 5.74) is 1.68. The number of thiazole rings is 1. The molecule has 0 fully saturated rings. The summed E-state index contributed by atoms with van der Waals surface area (Å²) in [7, 11) is 1.62. The van der Waals surface area contributed by atoms with Crippen molar-refractivity contribution in [2.24, 2.45) is 4.99 Å². The standard InChI is InChI=1S/C20H19N3O4S2/c1-27-16-8-9-18-17(13-16)22(11-12-28-2)20(29-18)21-19(24)10-5-14-3-6-15(7-4-14)23(25)26/h3-10,13H,11-12H2,1-2H3. The Labute approximate surface area is 175 Å². The molecule has 29 heavy (non-hydrogen) atoms. The molecule has 0 bridgehead atoms. The molecule has 1 aromatic heterocycles. The van der Waals surface area contributed by atoms with Crippen molar-refractivity contribution < 1.29 is 14.5 Å². The summed E-state index contributed by atoms with van der Waals surface area (Å²) in [6.45, 7) is 0.729. The smallest absolute Gasteiger partial charge is 0.272 e. The normalized spacial score (nSPS) is 12.0. The molecule has 0 radical (unpaired) electrons. The van der Waals surface area contributed by atoms with Gasteiger partial charge in [0.05, 0.1) is 22.2 Å². The Morgan fingerprint density at radius 1 is 1.31 bits per heavy atom. The van der Waals surface area contributed by atoms with Gasteiger partial charge in [0.2, 0.25) is 0 Å². The molecule has 0 aliphatic rings. The van der Waals surface area contributed by atoms with Crippen molar-refractivity contribution in [1.29, 1.82) is 0 Å². The molecule has 0 atom stereocenters. The Bertz CT molecular complexity index is 1130. The number of carbonyl (C=O) groups is 1. The zero-order valence-corrected chi connectivity index (χ0v) is 17.5. The first-order valence-electron chi connectivity index (χ1n) is 8.69. The Hall–Kier alpha value is -2.91. The SMILES string of the molecule is COc1ccc2sc(=NC(=O)C=Cc3ccc([N+](=O)[O-])cc3)n(CCSC)c2c1. The number of nitro groups is 1. The van der Waals surface area contributed by atoms with Crippen LogP contribution in [0.2, 0.25) is 0 Å². The first-order valence-corrected chi connectivity index (χ1v) is 10.9. The molecule has 9 heteroatoms. The number of carbonyl (C=O) groups excluding carboxylic acids is 1. The number of nitro benzene ring substituents is 1. The van der Waals surface area contributed by atoms with Gasteiger partial charge >= 0.3 is 0 Å². The summed E-state index contributed by atoms with van der Waals surface area (Å²) in [6.07, 6.45) is 4.99. The third-order valence-corrected chi connectivity index (χ3v) is 5.79. The van der Waals surface area contributed by atoms with Crippen molar-refractivity contribution in [3.8, 4) is 5.75 Å². The molecule has 0 aliphatic carbocycles. The van der Waals surface area contributed by atoms with Crippen LogP contribution in [0.1, 0.15) is 5.56 Å². The molecule has 0 saturated carbocycles. The lowest BCUT2D eigenvalue weighted by Crippen LogP contribution is -2.17. The van der Waals surface area contributed by atoms with E-state index in [1.807, 2.05) is 29.0 Å². The molecule has 0 aliphatic heterocycles. The van der Waals surface area contributed by atoms with Crippen molar-refractivity contribution in [1.82, 2.24) is 4.57 Å². The molecule has 7 nitrogen and oxygen atoms in total. The van der Waals surface area contributed by atoms with Crippen LogP contribution in [0.15, 0.2) is 53.5 Å². The molecular formula is C20H19N3O4S2. The lowest BCUT2D eigenvalue weighted by molar-refractivity contribution is -0.384. The number of non-ortho nitro benzene ring substituents is 1. The van der Waals surface area contributed by atoms with Crippen LogP contribution in [0.25, 0.3) is 16.3 Å². The van der Waals surface area contributed by atoms with Gasteiger partial charge in [-0.3, -0.25) is 14.9 Å². The Morgan fingerprint density at radius 2 is 2.07 bits per heavy atom. The van der Waals surface area contributed by atoms with Crippen molar-refractivity contribution in [2.45, 2.75) is 6.54 Å². The van der Waals surface area contributed by atoms with Crippen molar-refractivity contribution in [3.63, 3.8) is 0 Å². The number of aromatic nitrogens is 1. The van der Waals surface area contributed by atoms with Crippen LogP contribution >= 0.6 is 23.1 Å². The van der Waals surface area contributed by atoms with Gasteiger partial charge in [-0.05, 0) is 42.2 Å². The zero-order valence-electron chi connectivity index (χ0n) is 15.9. The maximum atomic E-state index is 12.4.